The zero-order chi connectivity index (χ0) is 21.0. The first-order valence-electron chi connectivity index (χ1n) is 10.9. The van der Waals surface area contributed by atoms with E-state index in [4.69, 9.17) is 9.47 Å². The molecule has 8 heteroatoms. The number of aliphatic hydroxyl groups is 3. The molecule has 0 spiro atoms. The molecule has 2 aliphatic heterocycles. The molecule has 2 saturated heterocycles. The Morgan fingerprint density at radius 2 is 1.97 bits per heavy atom. The maximum atomic E-state index is 11.3. The number of rotatable bonds is 3. The van der Waals surface area contributed by atoms with Gasteiger partial charge in [0.2, 0.25) is 6.29 Å². The second-order valence-corrected chi connectivity index (χ2v) is 9.20. The van der Waals surface area contributed by atoms with Gasteiger partial charge in [-0.3, -0.25) is 0 Å². The smallest absolute Gasteiger partial charge is 0.335 e. The zero-order valence-corrected chi connectivity index (χ0v) is 16.7. The van der Waals surface area contributed by atoms with Crippen molar-refractivity contribution in [1.29, 1.82) is 0 Å². The van der Waals surface area contributed by atoms with Crippen molar-refractivity contribution in [3.05, 3.63) is 29.3 Å². The molecule has 4 aliphatic rings. The van der Waals surface area contributed by atoms with E-state index < -0.39 is 36.7 Å². The van der Waals surface area contributed by atoms with E-state index >= 15 is 0 Å². The van der Waals surface area contributed by atoms with Crippen LogP contribution in [0.15, 0.2) is 18.2 Å². The summed E-state index contributed by atoms with van der Waals surface area (Å²) in [7, 11) is 0. The topological polar surface area (TPSA) is 128 Å². The van der Waals surface area contributed by atoms with Gasteiger partial charge in [-0.25, -0.2) is 4.79 Å². The normalized spacial score (nSPS) is 42.7. The molecule has 1 aromatic carbocycles. The molecule has 0 amide bonds. The highest BCUT2D eigenvalue weighted by atomic mass is 16.7. The predicted octanol–water partition coefficient (Wildman–Crippen LogP) is 0.304. The summed E-state index contributed by atoms with van der Waals surface area (Å²) in [5.74, 6) is -0.342. The summed E-state index contributed by atoms with van der Waals surface area (Å²) in [6.45, 7) is 1.00. The lowest BCUT2D eigenvalue weighted by Crippen LogP contribution is -2.61. The monoisotopic (exact) mass is 419 g/mol. The van der Waals surface area contributed by atoms with Gasteiger partial charge in [0.05, 0.1) is 0 Å². The number of piperidine rings is 1. The molecule has 0 aromatic heterocycles. The van der Waals surface area contributed by atoms with Crippen LogP contribution in [0.3, 0.4) is 0 Å². The molecule has 1 aromatic rings. The Hall–Kier alpha value is -1.71. The van der Waals surface area contributed by atoms with E-state index in [1.54, 1.807) is 6.07 Å². The van der Waals surface area contributed by atoms with Gasteiger partial charge in [-0.1, -0.05) is 18.9 Å². The molecule has 0 radical (unpaired) electrons. The Bertz CT molecular complexity index is 828. The van der Waals surface area contributed by atoms with E-state index in [1.165, 1.54) is 30.4 Å². The Balaban J connectivity index is 1.44. The number of aliphatic carboxylic acids is 1. The summed E-state index contributed by atoms with van der Waals surface area (Å²) >= 11 is 0. The fourth-order valence-corrected chi connectivity index (χ4v) is 6.26. The van der Waals surface area contributed by atoms with Gasteiger partial charge in [0, 0.05) is 11.5 Å². The van der Waals surface area contributed by atoms with Gasteiger partial charge in [-0.15, -0.1) is 0 Å². The van der Waals surface area contributed by atoms with Crippen molar-refractivity contribution in [1.82, 2.24) is 5.32 Å². The van der Waals surface area contributed by atoms with Crippen LogP contribution in [0.1, 0.15) is 43.2 Å². The van der Waals surface area contributed by atoms with Crippen molar-refractivity contribution in [2.24, 2.45) is 5.92 Å². The molecule has 5 N–H and O–H groups in total. The van der Waals surface area contributed by atoms with E-state index in [-0.39, 0.29) is 5.41 Å². The van der Waals surface area contributed by atoms with Crippen LogP contribution in [0.4, 0.5) is 0 Å². The zero-order valence-electron chi connectivity index (χ0n) is 16.7. The van der Waals surface area contributed by atoms with E-state index in [1.807, 2.05) is 12.1 Å². The van der Waals surface area contributed by atoms with Crippen LogP contribution in [0.2, 0.25) is 0 Å². The van der Waals surface area contributed by atoms with Gasteiger partial charge in [0.25, 0.3) is 0 Å². The Morgan fingerprint density at radius 1 is 1.13 bits per heavy atom. The van der Waals surface area contributed by atoms with Crippen molar-refractivity contribution in [2.45, 2.75) is 80.7 Å². The number of ether oxygens (including phenoxy) is 2. The van der Waals surface area contributed by atoms with Crippen molar-refractivity contribution >= 4 is 5.97 Å². The van der Waals surface area contributed by atoms with Crippen molar-refractivity contribution in [3.63, 3.8) is 0 Å². The van der Waals surface area contributed by atoms with Crippen LogP contribution in [0, 0.1) is 5.92 Å². The maximum Gasteiger partial charge on any atom is 0.335 e. The van der Waals surface area contributed by atoms with E-state index in [0.29, 0.717) is 17.7 Å². The second kappa shape index (κ2) is 7.46. The minimum Gasteiger partial charge on any atom is -0.479 e. The molecule has 5 rings (SSSR count). The summed E-state index contributed by atoms with van der Waals surface area (Å²) < 4.78 is 11.1. The number of hydrogen-bond acceptors (Lipinski definition) is 7. The summed E-state index contributed by atoms with van der Waals surface area (Å²) in [6, 6.07) is 6.37. The van der Waals surface area contributed by atoms with E-state index in [9.17, 15) is 25.2 Å². The number of carbonyl (C=O) groups is 1. The molecule has 1 saturated carbocycles. The highest BCUT2D eigenvalue weighted by molar-refractivity contribution is 5.73. The summed E-state index contributed by atoms with van der Waals surface area (Å²) in [5, 5.41) is 43.1. The lowest BCUT2D eigenvalue weighted by molar-refractivity contribution is -0.271. The van der Waals surface area contributed by atoms with Crippen LogP contribution in [0.5, 0.6) is 5.75 Å². The van der Waals surface area contributed by atoms with Gasteiger partial charge in [-0.2, -0.15) is 0 Å². The molecule has 3 fully saturated rings. The molecule has 164 valence electrons. The first kappa shape index (κ1) is 20.2. The quantitative estimate of drug-likeness (QED) is 0.473. The maximum absolute atomic E-state index is 11.3. The minimum absolute atomic E-state index is 0.131. The molecular formula is C22H29NO7. The molecule has 0 unspecified atom stereocenters. The summed E-state index contributed by atoms with van der Waals surface area (Å²) in [4.78, 5) is 11.3. The number of benzene rings is 1. The number of carboxylic acids is 1. The van der Waals surface area contributed by atoms with Gasteiger partial charge >= 0.3 is 5.97 Å². The molecule has 2 heterocycles. The van der Waals surface area contributed by atoms with E-state index in [2.05, 4.69) is 5.32 Å². The minimum atomic E-state index is -1.73. The number of carboxylic acid groups (broad SMARTS) is 1. The molecular weight excluding hydrogens is 390 g/mol. The third-order valence-corrected chi connectivity index (χ3v) is 7.68. The fraction of sp³-hybridized carbons (Fsp3) is 0.682. The summed E-state index contributed by atoms with van der Waals surface area (Å²) in [5.41, 5.74) is 2.73. The van der Waals surface area contributed by atoms with Crippen molar-refractivity contribution in [2.75, 3.05) is 6.54 Å². The SMILES string of the molecule is O=C(O)[C@H]1O[C@@H](Oc2ccc3c(c2)[C@@]24CCCC[C@@H]2[C@@H](C3)NCC4)[C@H](O)[C@@H](O)[C@@H]1O. The Kier molecular flexibility index (Phi) is 5.02. The second-order valence-electron chi connectivity index (χ2n) is 9.20. The van der Waals surface area contributed by atoms with E-state index in [0.717, 1.165) is 25.8 Å². The third-order valence-electron chi connectivity index (χ3n) is 7.68. The molecule has 2 aliphatic carbocycles. The number of hydrogen-bond donors (Lipinski definition) is 5. The molecule has 30 heavy (non-hydrogen) atoms. The lowest BCUT2D eigenvalue weighted by Gasteiger charge is -2.56. The van der Waals surface area contributed by atoms with Crippen molar-refractivity contribution in [3.8, 4) is 5.75 Å². The first-order chi connectivity index (χ1) is 14.4. The molecule has 8 atom stereocenters. The third kappa shape index (κ3) is 3.05. The Morgan fingerprint density at radius 3 is 2.77 bits per heavy atom. The largest absolute Gasteiger partial charge is 0.479 e. The van der Waals surface area contributed by atoms with Crippen LogP contribution in [-0.4, -0.2) is 69.7 Å². The van der Waals surface area contributed by atoms with Gasteiger partial charge in [0.15, 0.2) is 6.10 Å². The Labute approximate surface area is 174 Å². The van der Waals surface area contributed by atoms with Gasteiger partial charge in [0.1, 0.15) is 24.1 Å². The number of aliphatic hydroxyl groups excluding tert-OH is 3. The van der Waals surface area contributed by atoms with Crippen LogP contribution in [-0.2, 0) is 21.4 Å². The number of nitrogens with one attached hydrogen (secondary N) is 1. The van der Waals surface area contributed by atoms with Crippen LogP contribution < -0.4 is 10.1 Å². The lowest BCUT2D eigenvalue weighted by atomic mass is 9.53. The number of fused-ring (bicyclic) bond motifs is 1. The van der Waals surface area contributed by atoms with Crippen LogP contribution in [0.25, 0.3) is 0 Å². The van der Waals surface area contributed by atoms with Gasteiger partial charge in [-0.05, 0) is 61.4 Å². The van der Waals surface area contributed by atoms with Crippen LogP contribution >= 0.6 is 0 Å². The molecule has 2 bridgehead atoms. The first-order valence-corrected chi connectivity index (χ1v) is 10.9. The fourth-order valence-electron chi connectivity index (χ4n) is 6.26. The summed E-state index contributed by atoms with van der Waals surface area (Å²) in [6.07, 6.45) is -1.10. The van der Waals surface area contributed by atoms with Crippen molar-refractivity contribution < 1.29 is 34.7 Å². The molecule has 8 nitrogen and oxygen atoms in total. The predicted molar refractivity (Wildman–Crippen MR) is 105 cm³/mol. The van der Waals surface area contributed by atoms with Gasteiger partial charge < -0.3 is 35.2 Å². The standard InChI is InChI=1S/C22H29NO7/c24-16-17(25)19(20(27)28)30-21(18(16)26)29-12-5-4-11-9-15-13-3-1-2-6-22(13,7-8-23-15)14(11)10-12/h4-5,10,13,15-19,21,23-26H,1-3,6-9H2,(H,27,28)/t13-,15-,16+,17+,18-,19+,21-,22-/m1/s1. The highest BCUT2D eigenvalue weighted by Gasteiger charge is 2.52. The highest BCUT2D eigenvalue weighted by Crippen LogP contribution is 2.54. The average molecular weight is 419 g/mol. The average Bonchev–Trinajstić information content (AvgIpc) is 2.74.